The summed E-state index contributed by atoms with van der Waals surface area (Å²) in [7, 11) is 1.66. The number of anilines is 1. The van der Waals surface area contributed by atoms with Crippen LogP contribution in [0.1, 0.15) is 5.56 Å². The Balaban J connectivity index is 2.27. The number of benzene rings is 2. The van der Waals surface area contributed by atoms with Crippen LogP contribution in [0.15, 0.2) is 66.2 Å². The molecule has 0 spiro atoms. The van der Waals surface area contributed by atoms with Crippen LogP contribution in [0.5, 0.6) is 0 Å². The van der Waals surface area contributed by atoms with Gasteiger partial charge in [-0.1, -0.05) is 48.5 Å². The van der Waals surface area contributed by atoms with Gasteiger partial charge in [0.05, 0.1) is 0 Å². The maximum Gasteiger partial charge on any atom is 0.268 e. The van der Waals surface area contributed by atoms with Gasteiger partial charge in [0, 0.05) is 12.7 Å². The number of rotatable bonds is 3. The average molecular weight is 262 g/mol. The Kier molecular flexibility index (Phi) is 4.31. The van der Waals surface area contributed by atoms with E-state index in [2.05, 4.69) is 0 Å². The van der Waals surface area contributed by atoms with E-state index in [1.807, 2.05) is 66.7 Å². The van der Waals surface area contributed by atoms with Gasteiger partial charge in [-0.3, -0.25) is 4.79 Å². The molecule has 2 rings (SSSR count). The van der Waals surface area contributed by atoms with Crippen molar-refractivity contribution >= 4 is 17.7 Å². The second-order valence-electron chi connectivity index (χ2n) is 4.28. The molecule has 0 aliphatic carbocycles. The average Bonchev–Trinajstić information content (AvgIpc) is 2.53. The fourth-order valence-electron chi connectivity index (χ4n) is 1.81. The van der Waals surface area contributed by atoms with E-state index in [4.69, 9.17) is 0 Å². The van der Waals surface area contributed by atoms with E-state index in [1.165, 1.54) is 4.90 Å². The molecule has 0 unspecified atom stereocenters. The zero-order valence-electron chi connectivity index (χ0n) is 11.2. The van der Waals surface area contributed by atoms with Crippen LogP contribution in [0, 0.1) is 11.3 Å². The van der Waals surface area contributed by atoms with Crippen molar-refractivity contribution in [2.75, 3.05) is 11.9 Å². The SMILES string of the molecule is CN(C(=O)/C(C#N)=C/c1ccccc1)c1ccccc1. The summed E-state index contributed by atoms with van der Waals surface area (Å²) < 4.78 is 0. The predicted octanol–water partition coefficient (Wildman–Crippen LogP) is 3.26. The van der Waals surface area contributed by atoms with Crippen LogP contribution < -0.4 is 4.90 Å². The first-order chi connectivity index (χ1) is 9.72. The minimum absolute atomic E-state index is 0.113. The fourth-order valence-corrected chi connectivity index (χ4v) is 1.81. The second-order valence-corrected chi connectivity index (χ2v) is 4.28. The molecule has 0 aliphatic rings. The molecule has 0 heterocycles. The molecule has 0 N–H and O–H groups in total. The van der Waals surface area contributed by atoms with Gasteiger partial charge in [0.1, 0.15) is 11.6 Å². The summed E-state index contributed by atoms with van der Waals surface area (Å²) in [6, 6.07) is 20.6. The van der Waals surface area contributed by atoms with E-state index in [0.717, 1.165) is 11.3 Å². The summed E-state index contributed by atoms with van der Waals surface area (Å²) >= 11 is 0. The third-order valence-corrected chi connectivity index (χ3v) is 2.91. The summed E-state index contributed by atoms with van der Waals surface area (Å²) in [5.41, 5.74) is 1.70. The molecule has 0 bridgehead atoms. The quantitative estimate of drug-likeness (QED) is 0.629. The lowest BCUT2D eigenvalue weighted by atomic mass is 10.1. The maximum absolute atomic E-state index is 12.3. The molecule has 3 heteroatoms. The zero-order chi connectivity index (χ0) is 14.4. The highest BCUT2D eigenvalue weighted by Crippen LogP contribution is 2.15. The van der Waals surface area contributed by atoms with Crippen LogP contribution in [0.2, 0.25) is 0 Å². The van der Waals surface area contributed by atoms with Gasteiger partial charge in [0.15, 0.2) is 0 Å². The molecule has 2 aromatic rings. The highest BCUT2D eigenvalue weighted by atomic mass is 16.2. The molecule has 3 nitrogen and oxygen atoms in total. The Morgan fingerprint density at radius 2 is 1.60 bits per heavy atom. The number of nitrogens with zero attached hydrogens (tertiary/aromatic N) is 2. The van der Waals surface area contributed by atoms with Crippen molar-refractivity contribution in [2.24, 2.45) is 0 Å². The van der Waals surface area contributed by atoms with E-state index in [-0.39, 0.29) is 11.5 Å². The Hall–Kier alpha value is -2.86. The van der Waals surface area contributed by atoms with Gasteiger partial charge in [0.25, 0.3) is 5.91 Å². The first kappa shape index (κ1) is 13.6. The van der Waals surface area contributed by atoms with E-state index in [1.54, 1.807) is 13.1 Å². The molecule has 0 atom stereocenters. The molecular weight excluding hydrogens is 248 g/mol. The number of amides is 1. The Bertz CT molecular complexity index is 654. The first-order valence-electron chi connectivity index (χ1n) is 6.22. The molecule has 0 aliphatic heterocycles. The van der Waals surface area contributed by atoms with Crippen LogP contribution >= 0.6 is 0 Å². The lowest BCUT2D eigenvalue weighted by Crippen LogP contribution is -2.27. The highest BCUT2D eigenvalue weighted by Gasteiger charge is 2.15. The van der Waals surface area contributed by atoms with E-state index >= 15 is 0 Å². The molecule has 0 saturated carbocycles. The van der Waals surface area contributed by atoms with Crippen LogP contribution in [0.4, 0.5) is 5.69 Å². The largest absolute Gasteiger partial charge is 0.311 e. The van der Waals surface area contributed by atoms with Crippen molar-refractivity contribution in [1.82, 2.24) is 0 Å². The van der Waals surface area contributed by atoms with Gasteiger partial charge in [-0.05, 0) is 23.8 Å². The fraction of sp³-hybridized carbons (Fsp3) is 0.0588. The molecule has 2 aromatic carbocycles. The summed E-state index contributed by atoms with van der Waals surface area (Å²) in [4.78, 5) is 13.8. The van der Waals surface area contributed by atoms with Crippen LogP contribution in [-0.2, 0) is 4.79 Å². The number of hydrogen-bond donors (Lipinski definition) is 0. The van der Waals surface area contributed by atoms with Crippen LogP contribution in [0.3, 0.4) is 0 Å². The van der Waals surface area contributed by atoms with Crippen molar-refractivity contribution in [3.8, 4) is 6.07 Å². The summed E-state index contributed by atoms with van der Waals surface area (Å²) in [6.45, 7) is 0. The van der Waals surface area contributed by atoms with Gasteiger partial charge < -0.3 is 4.90 Å². The second kappa shape index (κ2) is 6.35. The summed E-state index contributed by atoms with van der Waals surface area (Å²) in [6.07, 6.45) is 1.60. The number of hydrogen-bond acceptors (Lipinski definition) is 2. The smallest absolute Gasteiger partial charge is 0.268 e. The molecule has 0 saturated heterocycles. The molecule has 0 fully saturated rings. The molecule has 0 aromatic heterocycles. The van der Waals surface area contributed by atoms with Gasteiger partial charge in [0.2, 0.25) is 0 Å². The van der Waals surface area contributed by atoms with Gasteiger partial charge >= 0.3 is 0 Å². The Labute approximate surface area is 118 Å². The minimum Gasteiger partial charge on any atom is -0.311 e. The summed E-state index contributed by atoms with van der Waals surface area (Å²) in [5.74, 6) is -0.317. The summed E-state index contributed by atoms with van der Waals surface area (Å²) in [5, 5.41) is 9.19. The molecular formula is C17H14N2O. The number of nitriles is 1. The number of carbonyl (C=O) groups excluding carboxylic acids is 1. The molecule has 0 radical (unpaired) electrons. The Morgan fingerprint density at radius 1 is 1.05 bits per heavy atom. The number of likely N-dealkylation sites (N-methyl/N-ethyl adjacent to an activating group) is 1. The molecule has 98 valence electrons. The topological polar surface area (TPSA) is 44.1 Å². The standard InChI is InChI=1S/C17H14N2O/c1-19(16-10-6-3-7-11-16)17(20)15(13-18)12-14-8-4-2-5-9-14/h2-12H,1H3/b15-12+. The van der Waals surface area contributed by atoms with E-state index in [9.17, 15) is 10.1 Å². The third-order valence-electron chi connectivity index (χ3n) is 2.91. The lowest BCUT2D eigenvalue weighted by molar-refractivity contribution is -0.114. The van der Waals surface area contributed by atoms with Crippen molar-refractivity contribution < 1.29 is 4.79 Å². The van der Waals surface area contributed by atoms with E-state index < -0.39 is 0 Å². The van der Waals surface area contributed by atoms with Crippen LogP contribution in [0.25, 0.3) is 6.08 Å². The van der Waals surface area contributed by atoms with Gasteiger partial charge in [-0.2, -0.15) is 5.26 Å². The third kappa shape index (κ3) is 3.12. The normalized spacial score (nSPS) is 10.7. The molecule has 20 heavy (non-hydrogen) atoms. The van der Waals surface area contributed by atoms with Gasteiger partial charge in [-0.25, -0.2) is 0 Å². The van der Waals surface area contributed by atoms with E-state index in [0.29, 0.717) is 0 Å². The van der Waals surface area contributed by atoms with Crippen LogP contribution in [-0.4, -0.2) is 13.0 Å². The Morgan fingerprint density at radius 3 is 2.15 bits per heavy atom. The lowest BCUT2D eigenvalue weighted by Gasteiger charge is -2.16. The van der Waals surface area contributed by atoms with Crippen molar-refractivity contribution in [3.63, 3.8) is 0 Å². The monoisotopic (exact) mass is 262 g/mol. The number of carbonyl (C=O) groups is 1. The van der Waals surface area contributed by atoms with Crippen molar-refractivity contribution in [2.45, 2.75) is 0 Å². The van der Waals surface area contributed by atoms with Gasteiger partial charge in [-0.15, -0.1) is 0 Å². The predicted molar refractivity (Wildman–Crippen MR) is 79.9 cm³/mol. The molecule has 1 amide bonds. The first-order valence-corrected chi connectivity index (χ1v) is 6.22. The number of para-hydroxylation sites is 1. The maximum atomic E-state index is 12.3. The minimum atomic E-state index is -0.317. The van der Waals surface area contributed by atoms with Crippen molar-refractivity contribution in [1.29, 1.82) is 5.26 Å². The highest BCUT2D eigenvalue weighted by molar-refractivity contribution is 6.10. The zero-order valence-corrected chi connectivity index (χ0v) is 11.2. The van der Waals surface area contributed by atoms with Crippen molar-refractivity contribution in [3.05, 3.63) is 71.8 Å².